The van der Waals surface area contributed by atoms with Crippen LogP contribution < -0.4 is 0 Å². The molecule has 1 amide bonds. The summed E-state index contributed by atoms with van der Waals surface area (Å²) in [6.07, 6.45) is 17.4. The molecule has 2 unspecified atom stereocenters. The smallest absolute Gasteiger partial charge is 0.410 e. The van der Waals surface area contributed by atoms with E-state index in [1.807, 2.05) is 0 Å². The van der Waals surface area contributed by atoms with Gasteiger partial charge >= 0.3 is 6.09 Å². The molecule has 3 aliphatic carbocycles. The fourth-order valence-corrected chi connectivity index (χ4v) is 6.97. The molecule has 0 N–H and O–H groups in total. The lowest BCUT2D eigenvalue weighted by atomic mass is 9.72. The summed E-state index contributed by atoms with van der Waals surface area (Å²) in [5.41, 5.74) is -0.387. The zero-order chi connectivity index (χ0) is 21.7. The first-order valence-electron chi connectivity index (χ1n) is 13.3. The Morgan fingerprint density at radius 2 is 1.10 bits per heavy atom. The van der Waals surface area contributed by atoms with Crippen LogP contribution in [0, 0.1) is 23.7 Å². The van der Waals surface area contributed by atoms with E-state index >= 15 is 0 Å². The van der Waals surface area contributed by atoms with E-state index in [1.54, 1.807) is 0 Å². The molecule has 0 aromatic heterocycles. The lowest BCUT2D eigenvalue weighted by molar-refractivity contribution is -0.0554. The van der Waals surface area contributed by atoms with Gasteiger partial charge in [-0.05, 0) is 88.9 Å². The molecular weight excluding hydrogens is 370 g/mol. The van der Waals surface area contributed by atoms with Gasteiger partial charge in [0.05, 0.1) is 0 Å². The van der Waals surface area contributed by atoms with E-state index in [1.165, 1.54) is 89.9 Å². The van der Waals surface area contributed by atoms with Gasteiger partial charge in [0.2, 0.25) is 0 Å². The van der Waals surface area contributed by atoms with Gasteiger partial charge in [0.25, 0.3) is 0 Å². The zero-order valence-electron chi connectivity index (χ0n) is 20.6. The highest BCUT2D eigenvalue weighted by Gasteiger charge is 2.40. The van der Waals surface area contributed by atoms with Crippen molar-refractivity contribution in [2.24, 2.45) is 23.7 Å². The molecule has 174 valence electrons. The van der Waals surface area contributed by atoms with Gasteiger partial charge in [-0.3, -0.25) is 0 Å². The van der Waals surface area contributed by atoms with E-state index in [4.69, 9.17) is 4.74 Å². The Balaban J connectivity index is 1.71. The van der Waals surface area contributed by atoms with Crippen molar-refractivity contribution in [3.8, 4) is 0 Å². The summed E-state index contributed by atoms with van der Waals surface area (Å²) >= 11 is 0. The van der Waals surface area contributed by atoms with E-state index in [0.717, 1.165) is 5.92 Å². The van der Waals surface area contributed by atoms with Crippen molar-refractivity contribution in [3.63, 3.8) is 0 Å². The van der Waals surface area contributed by atoms with Crippen LogP contribution in [-0.4, -0.2) is 28.7 Å². The van der Waals surface area contributed by atoms with E-state index in [2.05, 4.69) is 39.5 Å². The third-order valence-electron chi connectivity index (χ3n) is 8.46. The molecule has 0 aromatic carbocycles. The van der Waals surface area contributed by atoms with E-state index in [-0.39, 0.29) is 11.7 Å². The van der Waals surface area contributed by atoms with Crippen molar-refractivity contribution in [1.29, 1.82) is 0 Å². The van der Waals surface area contributed by atoms with Crippen molar-refractivity contribution < 1.29 is 9.53 Å². The van der Waals surface area contributed by atoms with Crippen LogP contribution in [0.3, 0.4) is 0 Å². The standard InChI is InChI=1S/C27H49NO2/c1-20-16-21(2)18-23(19-22(3)17-20)27(4,5)30-26(29)28(24-12-8-6-9-13-24)25-14-10-7-11-15-25/h20-25H,6-19H2,1-5H3. The summed E-state index contributed by atoms with van der Waals surface area (Å²) in [6.45, 7) is 11.6. The monoisotopic (exact) mass is 419 g/mol. The molecule has 3 aliphatic rings. The topological polar surface area (TPSA) is 29.5 Å². The number of rotatable bonds is 4. The normalized spacial score (nSPS) is 32.8. The lowest BCUT2D eigenvalue weighted by Gasteiger charge is -2.44. The molecule has 3 heteroatoms. The molecule has 0 aliphatic heterocycles. The van der Waals surface area contributed by atoms with Crippen LogP contribution >= 0.6 is 0 Å². The van der Waals surface area contributed by atoms with Gasteiger partial charge in [0.15, 0.2) is 0 Å². The highest BCUT2D eigenvalue weighted by molar-refractivity contribution is 5.69. The van der Waals surface area contributed by atoms with Crippen LogP contribution in [0.1, 0.15) is 125 Å². The first-order chi connectivity index (χ1) is 14.3. The van der Waals surface area contributed by atoms with Crippen molar-refractivity contribution in [3.05, 3.63) is 0 Å². The summed E-state index contributed by atoms with van der Waals surface area (Å²) in [4.78, 5) is 15.9. The molecule has 0 aromatic rings. The third kappa shape index (κ3) is 6.39. The minimum Gasteiger partial charge on any atom is -0.443 e. The number of carbonyl (C=O) groups is 1. The molecule has 3 nitrogen and oxygen atoms in total. The zero-order valence-corrected chi connectivity index (χ0v) is 20.6. The number of hydrogen-bond acceptors (Lipinski definition) is 2. The quantitative estimate of drug-likeness (QED) is 0.462. The SMILES string of the molecule is CC1CC(C)CC(C(C)(C)OC(=O)N(C2CCCCC2)C2CCCCC2)CC(C)C1. The highest BCUT2D eigenvalue weighted by Crippen LogP contribution is 2.40. The second kappa shape index (κ2) is 10.7. The van der Waals surface area contributed by atoms with Crippen LogP contribution in [0.2, 0.25) is 0 Å². The van der Waals surface area contributed by atoms with E-state index < -0.39 is 0 Å². The molecule has 30 heavy (non-hydrogen) atoms. The van der Waals surface area contributed by atoms with Gasteiger partial charge in [-0.25, -0.2) is 4.79 Å². The molecule has 0 bridgehead atoms. The fourth-order valence-electron chi connectivity index (χ4n) is 6.97. The maximum Gasteiger partial charge on any atom is 0.410 e. The maximum absolute atomic E-state index is 13.7. The largest absolute Gasteiger partial charge is 0.443 e. The first-order valence-corrected chi connectivity index (χ1v) is 13.3. The molecule has 3 fully saturated rings. The third-order valence-corrected chi connectivity index (χ3v) is 8.46. The van der Waals surface area contributed by atoms with Gasteiger partial charge in [0.1, 0.15) is 5.60 Å². The molecule has 0 radical (unpaired) electrons. The number of ether oxygens (including phenoxy) is 1. The van der Waals surface area contributed by atoms with E-state index in [9.17, 15) is 4.79 Å². The number of hydrogen-bond donors (Lipinski definition) is 0. The number of amides is 1. The summed E-state index contributed by atoms with van der Waals surface area (Å²) in [5.74, 6) is 2.69. The predicted molar refractivity (Wildman–Crippen MR) is 126 cm³/mol. The minimum atomic E-state index is -0.387. The number of nitrogens with zero attached hydrogens (tertiary/aromatic N) is 1. The Hall–Kier alpha value is -0.730. The molecule has 0 heterocycles. The molecule has 0 saturated heterocycles. The van der Waals surface area contributed by atoms with Gasteiger partial charge in [-0.15, -0.1) is 0 Å². The average Bonchev–Trinajstić information content (AvgIpc) is 2.67. The van der Waals surface area contributed by atoms with Crippen molar-refractivity contribution in [2.45, 2.75) is 142 Å². The van der Waals surface area contributed by atoms with Crippen molar-refractivity contribution >= 4 is 6.09 Å². The van der Waals surface area contributed by atoms with Gasteiger partial charge in [-0.2, -0.15) is 0 Å². The second-order valence-corrected chi connectivity index (χ2v) is 11.9. The van der Waals surface area contributed by atoms with Crippen LogP contribution in [0.4, 0.5) is 4.79 Å². The predicted octanol–water partition coefficient (Wildman–Crippen LogP) is 7.97. The Labute approximate surface area is 186 Å². The number of carbonyl (C=O) groups excluding carboxylic acids is 1. The Bertz CT molecular complexity index is 501. The van der Waals surface area contributed by atoms with Crippen LogP contribution in [0.25, 0.3) is 0 Å². The Kier molecular flexibility index (Phi) is 8.55. The average molecular weight is 420 g/mol. The van der Waals surface area contributed by atoms with Gasteiger partial charge in [-0.1, -0.05) is 59.3 Å². The lowest BCUT2D eigenvalue weighted by Crippen LogP contribution is -2.52. The molecule has 2 atom stereocenters. The Morgan fingerprint density at radius 1 is 0.700 bits per heavy atom. The van der Waals surface area contributed by atoms with Crippen molar-refractivity contribution in [1.82, 2.24) is 4.90 Å². The molecule has 3 saturated carbocycles. The summed E-state index contributed by atoms with van der Waals surface area (Å²) in [6, 6.07) is 0.808. The van der Waals surface area contributed by atoms with Crippen molar-refractivity contribution in [2.75, 3.05) is 0 Å². The molecular formula is C27H49NO2. The second-order valence-electron chi connectivity index (χ2n) is 11.9. The fraction of sp³-hybridized carbons (Fsp3) is 0.963. The van der Waals surface area contributed by atoms with E-state index in [0.29, 0.717) is 29.8 Å². The summed E-state index contributed by atoms with van der Waals surface area (Å²) < 4.78 is 6.45. The Morgan fingerprint density at radius 3 is 1.53 bits per heavy atom. The molecule has 0 spiro atoms. The molecule has 3 rings (SSSR count). The van der Waals surface area contributed by atoms with Crippen LogP contribution in [0.5, 0.6) is 0 Å². The maximum atomic E-state index is 13.7. The van der Waals surface area contributed by atoms with Crippen LogP contribution in [-0.2, 0) is 4.74 Å². The minimum absolute atomic E-state index is 0.00506. The van der Waals surface area contributed by atoms with Crippen LogP contribution in [0.15, 0.2) is 0 Å². The van der Waals surface area contributed by atoms with Gasteiger partial charge < -0.3 is 9.64 Å². The summed E-state index contributed by atoms with van der Waals surface area (Å²) in [7, 11) is 0. The first kappa shape index (κ1) is 23.9. The summed E-state index contributed by atoms with van der Waals surface area (Å²) in [5, 5.41) is 0. The van der Waals surface area contributed by atoms with Gasteiger partial charge in [0, 0.05) is 12.1 Å². The highest BCUT2D eigenvalue weighted by atomic mass is 16.6.